The highest BCUT2D eigenvalue weighted by molar-refractivity contribution is 5.77. The van der Waals surface area contributed by atoms with Crippen LogP contribution in [0.1, 0.15) is 32.6 Å². The molecule has 2 aliphatic heterocycles. The Morgan fingerprint density at radius 2 is 2.18 bits per heavy atom. The SMILES string of the molecule is CCC1CCN(C(=O)CC2COCCN2)CC1. The van der Waals surface area contributed by atoms with Crippen LogP contribution in [0.4, 0.5) is 0 Å². The molecule has 0 aromatic heterocycles. The third-order valence-corrected chi connectivity index (χ3v) is 3.96. The topological polar surface area (TPSA) is 41.6 Å². The van der Waals surface area contributed by atoms with E-state index in [1.165, 1.54) is 19.3 Å². The van der Waals surface area contributed by atoms with Gasteiger partial charge >= 0.3 is 0 Å². The van der Waals surface area contributed by atoms with E-state index in [0.717, 1.165) is 32.2 Å². The highest BCUT2D eigenvalue weighted by Crippen LogP contribution is 2.20. The molecule has 0 bridgehead atoms. The second-order valence-corrected chi connectivity index (χ2v) is 5.16. The molecule has 0 spiro atoms. The smallest absolute Gasteiger partial charge is 0.224 e. The monoisotopic (exact) mass is 240 g/mol. The van der Waals surface area contributed by atoms with E-state index in [1.54, 1.807) is 0 Å². The van der Waals surface area contributed by atoms with E-state index < -0.39 is 0 Å². The quantitative estimate of drug-likeness (QED) is 0.800. The van der Waals surface area contributed by atoms with Gasteiger partial charge in [-0.05, 0) is 18.8 Å². The Labute approximate surface area is 104 Å². The lowest BCUT2D eigenvalue weighted by atomic mass is 9.94. The van der Waals surface area contributed by atoms with Gasteiger partial charge in [-0.25, -0.2) is 0 Å². The van der Waals surface area contributed by atoms with Gasteiger partial charge in [-0.1, -0.05) is 13.3 Å². The first-order valence-electron chi connectivity index (χ1n) is 6.88. The number of nitrogens with zero attached hydrogens (tertiary/aromatic N) is 1. The molecule has 0 aromatic carbocycles. The van der Waals surface area contributed by atoms with Crippen LogP contribution in [0.5, 0.6) is 0 Å². The molecular formula is C13H24N2O2. The molecule has 4 nitrogen and oxygen atoms in total. The zero-order chi connectivity index (χ0) is 12.1. The fourth-order valence-electron chi connectivity index (χ4n) is 2.68. The van der Waals surface area contributed by atoms with Crippen LogP contribution in [0.15, 0.2) is 0 Å². The van der Waals surface area contributed by atoms with Crippen molar-refractivity contribution in [1.29, 1.82) is 0 Å². The van der Waals surface area contributed by atoms with Crippen LogP contribution in [0.2, 0.25) is 0 Å². The van der Waals surface area contributed by atoms with Crippen LogP contribution < -0.4 is 5.32 Å². The summed E-state index contributed by atoms with van der Waals surface area (Å²) in [6.07, 6.45) is 4.20. The van der Waals surface area contributed by atoms with Gasteiger partial charge in [0.05, 0.1) is 13.2 Å². The minimum Gasteiger partial charge on any atom is -0.378 e. The van der Waals surface area contributed by atoms with Gasteiger partial charge < -0.3 is 15.0 Å². The largest absolute Gasteiger partial charge is 0.378 e. The van der Waals surface area contributed by atoms with E-state index in [0.29, 0.717) is 18.9 Å². The maximum absolute atomic E-state index is 12.1. The van der Waals surface area contributed by atoms with Gasteiger partial charge in [0.2, 0.25) is 5.91 Å². The molecule has 17 heavy (non-hydrogen) atoms. The Balaban J connectivity index is 1.72. The van der Waals surface area contributed by atoms with Crippen molar-refractivity contribution in [2.24, 2.45) is 5.92 Å². The summed E-state index contributed by atoms with van der Waals surface area (Å²) in [4.78, 5) is 14.1. The Bertz CT molecular complexity index is 244. The number of nitrogens with one attached hydrogen (secondary N) is 1. The number of rotatable bonds is 3. The van der Waals surface area contributed by atoms with E-state index in [1.807, 2.05) is 4.90 Å². The average molecular weight is 240 g/mol. The molecular weight excluding hydrogens is 216 g/mol. The molecule has 2 heterocycles. The van der Waals surface area contributed by atoms with Crippen molar-refractivity contribution >= 4 is 5.91 Å². The number of morpholine rings is 1. The summed E-state index contributed by atoms with van der Waals surface area (Å²) >= 11 is 0. The standard InChI is InChI=1S/C13H24N2O2/c1-2-11-3-6-15(7-4-11)13(16)9-12-10-17-8-5-14-12/h11-12,14H,2-10H2,1H3. The Kier molecular flexibility index (Phi) is 4.80. The molecule has 1 unspecified atom stereocenters. The van der Waals surface area contributed by atoms with Crippen molar-refractivity contribution in [2.75, 3.05) is 32.8 Å². The van der Waals surface area contributed by atoms with Crippen LogP contribution >= 0.6 is 0 Å². The lowest BCUT2D eigenvalue weighted by molar-refractivity contribution is -0.133. The molecule has 0 saturated carbocycles. The Hall–Kier alpha value is -0.610. The third kappa shape index (κ3) is 3.68. The molecule has 0 radical (unpaired) electrons. The van der Waals surface area contributed by atoms with Gasteiger partial charge in [-0.3, -0.25) is 4.79 Å². The van der Waals surface area contributed by atoms with Crippen LogP contribution in [0.3, 0.4) is 0 Å². The van der Waals surface area contributed by atoms with Crippen LogP contribution in [-0.2, 0) is 9.53 Å². The number of hydrogen-bond donors (Lipinski definition) is 1. The summed E-state index contributed by atoms with van der Waals surface area (Å²) < 4.78 is 5.37. The van der Waals surface area contributed by atoms with E-state index in [9.17, 15) is 4.79 Å². The van der Waals surface area contributed by atoms with Crippen molar-refractivity contribution in [3.63, 3.8) is 0 Å². The number of ether oxygens (including phenoxy) is 1. The normalized spacial score (nSPS) is 27.1. The molecule has 98 valence electrons. The van der Waals surface area contributed by atoms with Gasteiger partial charge in [-0.2, -0.15) is 0 Å². The minimum absolute atomic E-state index is 0.222. The predicted octanol–water partition coefficient (Wildman–Crippen LogP) is 1.01. The maximum Gasteiger partial charge on any atom is 0.224 e. The lowest BCUT2D eigenvalue weighted by Gasteiger charge is -2.33. The third-order valence-electron chi connectivity index (χ3n) is 3.96. The van der Waals surface area contributed by atoms with Crippen LogP contribution in [0.25, 0.3) is 0 Å². The Morgan fingerprint density at radius 3 is 2.76 bits per heavy atom. The summed E-state index contributed by atoms with van der Waals surface area (Å²) in [5, 5.41) is 3.34. The predicted molar refractivity (Wildman–Crippen MR) is 66.8 cm³/mol. The molecule has 2 saturated heterocycles. The maximum atomic E-state index is 12.1. The van der Waals surface area contributed by atoms with Crippen LogP contribution in [-0.4, -0.2) is 49.7 Å². The summed E-state index contributed by atoms with van der Waals surface area (Å²) in [6.45, 7) is 6.46. The lowest BCUT2D eigenvalue weighted by Crippen LogP contribution is -2.46. The zero-order valence-electron chi connectivity index (χ0n) is 10.8. The molecule has 2 fully saturated rings. The fourth-order valence-corrected chi connectivity index (χ4v) is 2.68. The van der Waals surface area contributed by atoms with Crippen molar-refractivity contribution < 1.29 is 9.53 Å². The first kappa shape index (κ1) is 12.8. The number of carbonyl (C=O) groups excluding carboxylic acids is 1. The highest BCUT2D eigenvalue weighted by atomic mass is 16.5. The van der Waals surface area contributed by atoms with E-state index >= 15 is 0 Å². The zero-order valence-corrected chi connectivity index (χ0v) is 10.8. The minimum atomic E-state index is 0.222. The number of amides is 1. The second-order valence-electron chi connectivity index (χ2n) is 5.16. The number of carbonyl (C=O) groups is 1. The highest BCUT2D eigenvalue weighted by Gasteiger charge is 2.24. The molecule has 2 aliphatic rings. The Morgan fingerprint density at radius 1 is 1.41 bits per heavy atom. The summed E-state index contributed by atoms with van der Waals surface area (Å²) in [7, 11) is 0. The van der Waals surface area contributed by atoms with Gasteiger partial charge in [0.1, 0.15) is 0 Å². The first-order valence-corrected chi connectivity index (χ1v) is 6.88. The van der Waals surface area contributed by atoms with Gasteiger partial charge in [0.15, 0.2) is 0 Å². The van der Waals surface area contributed by atoms with Crippen molar-refractivity contribution in [2.45, 2.75) is 38.6 Å². The van der Waals surface area contributed by atoms with E-state index in [4.69, 9.17) is 4.74 Å². The van der Waals surface area contributed by atoms with Gasteiger partial charge in [-0.15, -0.1) is 0 Å². The first-order chi connectivity index (χ1) is 8.29. The number of likely N-dealkylation sites (tertiary alicyclic amines) is 1. The fraction of sp³-hybridized carbons (Fsp3) is 0.923. The second kappa shape index (κ2) is 6.36. The number of piperidine rings is 1. The molecule has 0 aromatic rings. The molecule has 2 rings (SSSR count). The van der Waals surface area contributed by atoms with Gasteiger partial charge in [0, 0.05) is 32.1 Å². The summed E-state index contributed by atoms with van der Waals surface area (Å²) in [5.74, 6) is 1.12. The molecule has 1 N–H and O–H groups in total. The number of hydrogen-bond acceptors (Lipinski definition) is 3. The summed E-state index contributed by atoms with van der Waals surface area (Å²) in [5.41, 5.74) is 0. The summed E-state index contributed by atoms with van der Waals surface area (Å²) in [6, 6.07) is 0.222. The van der Waals surface area contributed by atoms with Crippen molar-refractivity contribution in [1.82, 2.24) is 10.2 Å². The van der Waals surface area contributed by atoms with E-state index in [-0.39, 0.29) is 6.04 Å². The molecule has 0 aliphatic carbocycles. The van der Waals surface area contributed by atoms with Crippen molar-refractivity contribution in [3.8, 4) is 0 Å². The van der Waals surface area contributed by atoms with Gasteiger partial charge in [0.25, 0.3) is 0 Å². The van der Waals surface area contributed by atoms with Crippen molar-refractivity contribution in [3.05, 3.63) is 0 Å². The molecule has 1 amide bonds. The molecule has 4 heteroatoms. The molecule has 1 atom stereocenters. The average Bonchev–Trinajstić information content (AvgIpc) is 2.40. The van der Waals surface area contributed by atoms with E-state index in [2.05, 4.69) is 12.2 Å². The van der Waals surface area contributed by atoms with Crippen LogP contribution in [0, 0.1) is 5.92 Å².